The third-order valence-electron chi connectivity index (χ3n) is 0.904. The highest BCUT2D eigenvalue weighted by Gasteiger charge is 2.03. The molecule has 1 aliphatic heterocycles. The fourth-order valence-electron chi connectivity index (χ4n) is 0.458. The second kappa shape index (κ2) is 2.82. The van der Waals surface area contributed by atoms with Gasteiger partial charge in [-0.2, -0.15) is 0 Å². The number of carboxylic acid groups (broad SMARTS) is 1. The van der Waals surface area contributed by atoms with Crippen LogP contribution in [0, 0.1) is 0 Å². The topological polar surface area (TPSA) is 58.9 Å². The first-order valence-electron chi connectivity index (χ1n) is 2.58. The summed E-state index contributed by atoms with van der Waals surface area (Å²) in [5.74, 6) is -1.03. The van der Waals surface area contributed by atoms with Gasteiger partial charge in [0.25, 0.3) is 0 Å². The predicted molar refractivity (Wildman–Crippen MR) is 34.4 cm³/mol. The Labute approximate surface area is 57.1 Å². The molecule has 1 rings (SSSR count). The fraction of sp³-hybridized carbons (Fsp3) is 0. The maximum absolute atomic E-state index is 10.3. The Morgan fingerprint density at radius 1 is 1.70 bits per heavy atom. The van der Waals surface area contributed by atoms with Gasteiger partial charge in [-0.15, -0.1) is 0 Å². The number of hydrogen-bond donors (Lipinski definition) is 1. The van der Waals surface area contributed by atoms with Crippen LogP contribution in [0.5, 0.6) is 0 Å². The van der Waals surface area contributed by atoms with Crippen molar-refractivity contribution in [3.8, 4) is 0 Å². The summed E-state index contributed by atoms with van der Waals surface area (Å²) in [6, 6.07) is 0. The van der Waals surface area contributed by atoms with Crippen molar-refractivity contribution in [2.24, 2.45) is 4.99 Å². The fourth-order valence-corrected chi connectivity index (χ4v) is 0.458. The molecule has 10 heavy (non-hydrogen) atoms. The van der Waals surface area contributed by atoms with Crippen LogP contribution in [0.3, 0.4) is 0 Å². The molecule has 0 aromatic carbocycles. The molecule has 0 unspecified atom stereocenters. The van der Waals surface area contributed by atoms with Crippen LogP contribution in [0.15, 0.2) is 29.1 Å². The zero-order chi connectivity index (χ0) is 7.40. The van der Waals surface area contributed by atoms with E-state index in [4.69, 9.17) is 5.11 Å². The van der Waals surface area contributed by atoms with Gasteiger partial charge in [0, 0.05) is 6.20 Å². The first kappa shape index (κ1) is 6.54. The summed E-state index contributed by atoms with van der Waals surface area (Å²) >= 11 is 0. The van der Waals surface area contributed by atoms with Gasteiger partial charge in [0.1, 0.15) is 6.26 Å². The zero-order valence-corrected chi connectivity index (χ0v) is 5.02. The summed E-state index contributed by atoms with van der Waals surface area (Å²) < 4.78 is 4.57. The van der Waals surface area contributed by atoms with Crippen molar-refractivity contribution in [2.75, 3.05) is 0 Å². The van der Waals surface area contributed by atoms with Gasteiger partial charge in [-0.1, -0.05) is 0 Å². The second-order valence-electron chi connectivity index (χ2n) is 1.58. The molecule has 0 radical (unpaired) electrons. The zero-order valence-electron chi connectivity index (χ0n) is 5.02. The summed E-state index contributed by atoms with van der Waals surface area (Å²) in [7, 11) is 0. The Morgan fingerprint density at radius 2 is 2.50 bits per heavy atom. The van der Waals surface area contributed by atoms with Gasteiger partial charge in [-0.25, -0.2) is 9.79 Å². The monoisotopic (exact) mass is 139 g/mol. The van der Waals surface area contributed by atoms with E-state index in [1.165, 1.54) is 12.3 Å². The SMILES string of the molecule is O=C(O)C1=COC=NC=C1. The van der Waals surface area contributed by atoms with Crippen molar-refractivity contribution in [2.45, 2.75) is 0 Å². The van der Waals surface area contributed by atoms with E-state index >= 15 is 0 Å². The van der Waals surface area contributed by atoms with E-state index in [2.05, 4.69) is 9.73 Å². The molecule has 0 bridgehead atoms. The third kappa shape index (κ3) is 1.45. The van der Waals surface area contributed by atoms with Crippen molar-refractivity contribution < 1.29 is 14.6 Å². The van der Waals surface area contributed by atoms with Crippen LogP contribution < -0.4 is 0 Å². The lowest BCUT2D eigenvalue weighted by atomic mass is 10.3. The Hall–Kier alpha value is -1.58. The molecule has 0 spiro atoms. The van der Waals surface area contributed by atoms with Crippen LogP contribution in [0.25, 0.3) is 0 Å². The lowest BCUT2D eigenvalue weighted by Gasteiger charge is -1.89. The molecule has 0 saturated carbocycles. The number of hydrogen-bond acceptors (Lipinski definition) is 3. The lowest BCUT2D eigenvalue weighted by molar-refractivity contribution is -0.132. The highest BCUT2D eigenvalue weighted by molar-refractivity contribution is 5.89. The first-order valence-corrected chi connectivity index (χ1v) is 2.58. The van der Waals surface area contributed by atoms with Gasteiger partial charge in [0.2, 0.25) is 0 Å². The predicted octanol–water partition coefficient (Wildman–Crippen LogP) is 0.527. The molecule has 52 valence electrons. The molecular formula is C6H5NO3. The van der Waals surface area contributed by atoms with Crippen LogP contribution in [-0.2, 0) is 9.53 Å². The van der Waals surface area contributed by atoms with Gasteiger partial charge in [-0.3, -0.25) is 0 Å². The Morgan fingerprint density at radius 3 is 3.20 bits per heavy atom. The average Bonchev–Trinajstić information content (AvgIpc) is 2.12. The minimum Gasteiger partial charge on any atom is -0.478 e. The van der Waals surface area contributed by atoms with E-state index < -0.39 is 5.97 Å². The first-order chi connectivity index (χ1) is 4.80. The molecule has 0 aliphatic carbocycles. The van der Waals surface area contributed by atoms with Gasteiger partial charge in [0.05, 0.1) is 5.57 Å². The molecule has 1 N–H and O–H groups in total. The molecule has 0 amide bonds. The average molecular weight is 139 g/mol. The van der Waals surface area contributed by atoms with Gasteiger partial charge in [0.15, 0.2) is 6.40 Å². The van der Waals surface area contributed by atoms with Crippen molar-refractivity contribution in [3.63, 3.8) is 0 Å². The van der Waals surface area contributed by atoms with Crippen LogP contribution in [0.4, 0.5) is 0 Å². The summed E-state index contributed by atoms with van der Waals surface area (Å²) in [5, 5.41) is 8.41. The van der Waals surface area contributed by atoms with Crippen molar-refractivity contribution in [1.29, 1.82) is 0 Å². The number of nitrogens with zero attached hydrogens (tertiary/aromatic N) is 1. The second-order valence-corrected chi connectivity index (χ2v) is 1.58. The van der Waals surface area contributed by atoms with Crippen LogP contribution >= 0.6 is 0 Å². The third-order valence-corrected chi connectivity index (χ3v) is 0.904. The number of rotatable bonds is 1. The van der Waals surface area contributed by atoms with Crippen LogP contribution in [0.2, 0.25) is 0 Å². The normalized spacial score (nSPS) is 15.4. The molecule has 0 saturated heterocycles. The number of carboxylic acids is 1. The van der Waals surface area contributed by atoms with E-state index in [1.54, 1.807) is 0 Å². The van der Waals surface area contributed by atoms with E-state index in [0.717, 1.165) is 12.7 Å². The van der Waals surface area contributed by atoms with Crippen LogP contribution in [0.1, 0.15) is 0 Å². The van der Waals surface area contributed by atoms with Gasteiger partial charge in [-0.05, 0) is 6.08 Å². The van der Waals surface area contributed by atoms with Crippen LogP contribution in [-0.4, -0.2) is 17.5 Å². The summed E-state index contributed by atoms with van der Waals surface area (Å²) in [6.45, 7) is 0. The largest absolute Gasteiger partial charge is 0.478 e. The summed E-state index contributed by atoms with van der Waals surface area (Å²) in [6.07, 6.45) is 4.99. The highest BCUT2D eigenvalue weighted by Crippen LogP contribution is 1.99. The number of ether oxygens (including phenoxy) is 1. The molecule has 0 atom stereocenters. The highest BCUT2D eigenvalue weighted by atomic mass is 16.5. The maximum atomic E-state index is 10.3. The van der Waals surface area contributed by atoms with Gasteiger partial charge < -0.3 is 9.84 Å². The van der Waals surface area contributed by atoms with Crippen molar-refractivity contribution in [1.82, 2.24) is 0 Å². The van der Waals surface area contributed by atoms with E-state index in [-0.39, 0.29) is 5.57 Å². The maximum Gasteiger partial charge on any atom is 0.338 e. The Balaban J connectivity index is 2.78. The molecule has 4 nitrogen and oxygen atoms in total. The van der Waals surface area contributed by atoms with Crippen molar-refractivity contribution >= 4 is 12.4 Å². The van der Waals surface area contributed by atoms with E-state index in [9.17, 15) is 4.79 Å². The molecule has 0 aromatic rings. The lowest BCUT2D eigenvalue weighted by Crippen LogP contribution is -1.97. The van der Waals surface area contributed by atoms with E-state index in [1.807, 2.05) is 0 Å². The molecule has 1 heterocycles. The quantitative estimate of drug-likeness (QED) is 0.576. The standard InChI is InChI=1S/C6H5NO3/c8-6(9)5-1-2-7-4-10-3-5/h1-4H,(H,8,9). The molecule has 0 aromatic heterocycles. The Bertz CT molecular complexity index is 227. The van der Waals surface area contributed by atoms with E-state index in [0.29, 0.717) is 0 Å². The Kier molecular flexibility index (Phi) is 1.84. The summed E-state index contributed by atoms with van der Waals surface area (Å²) in [4.78, 5) is 13.8. The summed E-state index contributed by atoms with van der Waals surface area (Å²) in [5.41, 5.74) is 0.0810. The minimum absolute atomic E-state index is 0.0810. The molecule has 0 fully saturated rings. The molecule has 1 aliphatic rings. The minimum atomic E-state index is -1.03. The smallest absolute Gasteiger partial charge is 0.338 e. The number of carbonyl (C=O) groups is 1. The van der Waals surface area contributed by atoms with Gasteiger partial charge >= 0.3 is 5.97 Å². The number of aliphatic carboxylic acids is 1. The molecule has 4 heteroatoms. The molecular weight excluding hydrogens is 134 g/mol. The van der Waals surface area contributed by atoms with Crippen molar-refractivity contribution in [3.05, 3.63) is 24.1 Å². The number of aliphatic imine (C=N–C) groups is 1.